The van der Waals surface area contributed by atoms with Gasteiger partial charge in [-0.15, -0.1) is 11.3 Å². The van der Waals surface area contributed by atoms with E-state index in [1.54, 1.807) is 11.3 Å². The molecule has 1 heterocycles. The van der Waals surface area contributed by atoms with E-state index in [9.17, 15) is 0 Å². The highest BCUT2D eigenvalue weighted by atomic mass is 32.1. The molecule has 0 saturated heterocycles. The Morgan fingerprint density at radius 2 is 2.24 bits per heavy atom. The van der Waals surface area contributed by atoms with Gasteiger partial charge in [0.15, 0.2) is 0 Å². The Labute approximate surface area is 109 Å². The van der Waals surface area contributed by atoms with Gasteiger partial charge in [0.05, 0.1) is 5.01 Å². The Balaban J connectivity index is 1.95. The molecule has 0 radical (unpaired) electrons. The lowest BCUT2D eigenvalue weighted by atomic mass is 10.0. The van der Waals surface area contributed by atoms with Crippen LogP contribution in [0, 0.1) is 5.92 Å². The minimum absolute atomic E-state index is 0.347. The first kappa shape index (κ1) is 14.6. The second-order valence-corrected chi connectivity index (χ2v) is 5.87. The van der Waals surface area contributed by atoms with Crippen molar-refractivity contribution in [3.05, 3.63) is 16.6 Å². The average molecular weight is 255 g/mol. The van der Waals surface area contributed by atoms with Crippen molar-refractivity contribution in [3.63, 3.8) is 0 Å². The lowest BCUT2D eigenvalue weighted by molar-refractivity contribution is 0.450. The smallest absolute Gasteiger partial charge is 0.0937 e. The molecule has 0 fully saturated rings. The van der Waals surface area contributed by atoms with Crippen LogP contribution < -0.4 is 11.1 Å². The molecule has 1 aromatic heterocycles. The van der Waals surface area contributed by atoms with Gasteiger partial charge in [0, 0.05) is 30.6 Å². The standard InChI is InChI=1S/C13H25N3S/c1-11(4-3-5-12(2)14)10-15-7-6-13-16-8-9-17-13/h8-9,11-12,15H,3-7,10,14H2,1-2H3. The van der Waals surface area contributed by atoms with E-state index in [1.165, 1.54) is 17.8 Å². The second kappa shape index (κ2) is 8.61. The van der Waals surface area contributed by atoms with Gasteiger partial charge in [0.2, 0.25) is 0 Å². The maximum atomic E-state index is 5.73. The van der Waals surface area contributed by atoms with Crippen LogP contribution in [0.1, 0.15) is 38.1 Å². The molecule has 1 rings (SSSR count). The average Bonchev–Trinajstić information content (AvgIpc) is 2.76. The molecular formula is C13H25N3S. The molecule has 0 aliphatic carbocycles. The van der Waals surface area contributed by atoms with E-state index in [1.807, 2.05) is 11.6 Å². The predicted octanol–water partition coefficient (Wildman–Crippen LogP) is 2.43. The third-order valence-electron chi connectivity index (χ3n) is 2.85. The van der Waals surface area contributed by atoms with Gasteiger partial charge < -0.3 is 11.1 Å². The summed E-state index contributed by atoms with van der Waals surface area (Å²) in [7, 11) is 0. The van der Waals surface area contributed by atoms with Crippen LogP contribution in [0.15, 0.2) is 11.6 Å². The number of nitrogens with one attached hydrogen (secondary N) is 1. The molecule has 0 saturated carbocycles. The van der Waals surface area contributed by atoms with Gasteiger partial charge in [0.25, 0.3) is 0 Å². The molecule has 1 aromatic rings. The normalized spacial score (nSPS) is 14.8. The highest BCUT2D eigenvalue weighted by Crippen LogP contribution is 2.08. The van der Waals surface area contributed by atoms with Crippen LogP contribution in [0.25, 0.3) is 0 Å². The molecule has 98 valence electrons. The molecular weight excluding hydrogens is 230 g/mol. The van der Waals surface area contributed by atoms with Crippen LogP contribution in [0.4, 0.5) is 0 Å². The van der Waals surface area contributed by atoms with Gasteiger partial charge in [-0.3, -0.25) is 0 Å². The minimum atomic E-state index is 0.347. The first-order valence-electron chi connectivity index (χ1n) is 6.53. The third kappa shape index (κ3) is 7.47. The van der Waals surface area contributed by atoms with Gasteiger partial charge in [-0.25, -0.2) is 4.98 Å². The fraction of sp³-hybridized carbons (Fsp3) is 0.769. The number of thiazole rings is 1. The van der Waals surface area contributed by atoms with Crippen molar-refractivity contribution in [2.24, 2.45) is 11.7 Å². The minimum Gasteiger partial charge on any atom is -0.328 e. The van der Waals surface area contributed by atoms with Gasteiger partial charge in [-0.1, -0.05) is 13.3 Å². The number of hydrogen-bond donors (Lipinski definition) is 2. The summed E-state index contributed by atoms with van der Waals surface area (Å²) in [5.74, 6) is 0.741. The van der Waals surface area contributed by atoms with Gasteiger partial charge in [-0.05, 0) is 32.2 Å². The summed E-state index contributed by atoms with van der Waals surface area (Å²) >= 11 is 1.73. The quantitative estimate of drug-likeness (QED) is 0.666. The second-order valence-electron chi connectivity index (χ2n) is 4.89. The molecule has 0 aliphatic rings. The van der Waals surface area contributed by atoms with E-state index >= 15 is 0 Å². The molecule has 3 N–H and O–H groups in total. The number of nitrogens with two attached hydrogens (primary N) is 1. The first-order chi connectivity index (χ1) is 8.18. The number of nitrogens with zero attached hydrogens (tertiary/aromatic N) is 1. The first-order valence-corrected chi connectivity index (χ1v) is 7.41. The van der Waals surface area contributed by atoms with Crippen LogP contribution in [0.5, 0.6) is 0 Å². The summed E-state index contributed by atoms with van der Waals surface area (Å²) in [5, 5.41) is 6.75. The van der Waals surface area contributed by atoms with Crippen molar-refractivity contribution in [1.29, 1.82) is 0 Å². The molecule has 0 bridgehead atoms. The summed E-state index contributed by atoms with van der Waals surface area (Å²) in [5.41, 5.74) is 5.73. The highest BCUT2D eigenvalue weighted by molar-refractivity contribution is 7.09. The van der Waals surface area contributed by atoms with Crippen molar-refractivity contribution in [1.82, 2.24) is 10.3 Å². The zero-order chi connectivity index (χ0) is 12.5. The third-order valence-corrected chi connectivity index (χ3v) is 3.69. The van der Waals surface area contributed by atoms with Gasteiger partial charge in [0.1, 0.15) is 0 Å². The van der Waals surface area contributed by atoms with Crippen molar-refractivity contribution in [2.45, 2.75) is 45.6 Å². The maximum Gasteiger partial charge on any atom is 0.0937 e. The Hall–Kier alpha value is -0.450. The maximum absolute atomic E-state index is 5.73. The van der Waals surface area contributed by atoms with Gasteiger partial charge >= 0.3 is 0 Å². The van der Waals surface area contributed by atoms with Crippen LogP contribution in [-0.2, 0) is 6.42 Å². The molecule has 17 heavy (non-hydrogen) atoms. The van der Waals surface area contributed by atoms with Crippen molar-refractivity contribution in [3.8, 4) is 0 Å². The number of rotatable bonds is 9. The van der Waals surface area contributed by atoms with E-state index in [2.05, 4.69) is 24.1 Å². The fourth-order valence-electron chi connectivity index (χ4n) is 1.81. The lowest BCUT2D eigenvalue weighted by Gasteiger charge is -2.13. The highest BCUT2D eigenvalue weighted by Gasteiger charge is 2.03. The van der Waals surface area contributed by atoms with Crippen LogP contribution in [0.2, 0.25) is 0 Å². The predicted molar refractivity (Wildman–Crippen MR) is 75.4 cm³/mol. The molecule has 2 unspecified atom stereocenters. The van der Waals surface area contributed by atoms with Crippen molar-refractivity contribution >= 4 is 11.3 Å². The SMILES string of the molecule is CC(N)CCCC(C)CNCCc1nccs1. The van der Waals surface area contributed by atoms with Gasteiger partial charge in [-0.2, -0.15) is 0 Å². The van der Waals surface area contributed by atoms with E-state index in [0.717, 1.165) is 31.8 Å². The Bertz CT molecular complexity index is 272. The molecule has 4 heteroatoms. The summed E-state index contributed by atoms with van der Waals surface area (Å²) in [6.07, 6.45) is 6.57. The molecule has 3 nitrogen and oxygen atoms in total. The summed E-state index contributed by atoms with van der Waals surface area (Å²) in [6, 6.07) is 0.347. The molecule has 0 spiro atoms. The largest absolute Gasteiger partial charge is 0.328 e. The monoisotopic (exact) mass is 255 g/mol. The number of hydrogen-bond acceptors (Lipinski definition) is 4. The van der Waals surface area contributed by atoms with Crippen LogP contribution >= 0.6 is 11.3 Å². The van der Waals surface area contributed by atoms with E-state index in [4.69, 9.17) is 5.73 Å². The summed E-state index contributed by atoms with van der Waals surface area (Å²) in [4.78, 5) is 4.27. The molecule has 0 aromatic carbocycles. The summed E-state index contributed by atoms with van der Waals surface area (Å²) < 4.78 is 0. The zero-order valence-corrected chi connectivity index (χ0v) is 11.8. The number of aromatic nitrogens is 1. The fourth-order valence-corrected chi connectivity index (χ4v) is 2.43. The van der Waals surface area contributed by atoms with E-state index < -0.39 is 0 Å². The van der Waals surface area contributed by atoms with Crippen LogP contribution in [-0.4, -0.2) is 24.1 Å². The van der Waals surface area contributed by atoms with E-state index in [0.29, 0.717) is 6.04 Å². The molecule has 2 atom stereocenters. The lowest BCUT2D eigenvalue weighted by Crippen LogP contribution is -2.24. The molecule has 0 amide bonds. The zero-order valence-electron chi connectivity index (χ0n) is 11.0. The van der Waals surface area contributed by atoms with Crippen molar-refractivity contribution in [2.75, 3.05) is 13.1 Å². The van der Waals surface area contributed by atoms with Crippen molar-refractivity contribution < 1.29 is 0 Å². The van der Waals surface area contributed by atoms with Crippen LogP contribution in [0.3, 0.4) is 0 Å². The Morgan fingerprint density at radius 3 is 2.88 bits per heavy atom. The summed E-state index contributed by atoms with van der Waals surface area (Å²) in [6.45, 7) is 6.52. The topological polar surface area (TPSA) is 50.9 Å². The van der Waals surface area contributed by atoms with E-state index in [-0.39, 0.29) is 0 Å². The molecule has 0 aliphatic heterocycles. The Kier molecular flexibility index (Phi) is 7.40. The Morgan fingerprint density at radius 1 is 1.41 bits per heavy atom.